The van der Waals surface area contributed by atoms with E-state index in [1.165, 1.54) is 17.5 Å². The summed E-state index contributed by atoms with van der Waals surface area (Å²) in [4.78, 5) is 20.7. The lowest BCUT2D eigenvalue weighted by atomic mass is 9.85. The lowest BCUT2D eigenvalue weighted by Gasteiger charge is -2.39. The van der Waals surface area contributed by atoms with Crippen LogP contribution in [0.25, 0.3) is 0 Å². The number of amides is 1. The van der Waals surface area contributed by atoms with Crippen LogP contribution in [0.2, 0.25) is 10.0 Å². The first kappa shape index (κ1) is 27.9. The van der Waals surface area contributed by atoms with Gasteiger partial charge >= 0.3 is 0 Å². The Hall–Kier alpha value is -1.66. The fraction of sp³-hybridized carbons (Fsp3) is 0.581. The molecular weight excluding hydrogens is 520 g/mol. The molecule has 3 aliphatic heterocycles. The summed E-state index contributed by atoms with van der Waals surface area (Å²) in [6, 6.07) is 14.2. The van der Waals surface area contributed by atoms with Crippen molar-refractivity contribution >= 4 is 29.1 Å². The number of hydrogen-bond donors (Lipinski definition) is 0. The van der Waals surface area contributed by atoms with E-state index in [1.54, 1.807) is 6.07 Å². The Morgan fingerprint density at radius 2 is 1.68 bits per heavy atom. The van der Waals surface area contributed by atoms with Gasteiger partial charge in [-0.25, -0.2) is 4.39 Å². The number of hydrogen-bond acceptors (Lipinski definition) is 3. The zero-order valence-corrected chi connectivity index (χ0v) is 23.8. The van der Waals surface area contributed by atoms with E-state index in [9.17, 15) is 9.18 Å². The maximum Gasteiger partial charge on any atom is 0.240 e. The number of carbonyl (C=O) groups excluding carboxylic acids is 1. The molecule has 1 amide bonds. The van der Waals surface area contributed by atoms with Crippen LogP contribution in [0.15, 0.2) is 42.5 Å². The molecule has 38 heavy (non-hydrogen) atoms. The molecule has 4 nitrogen and oxygen atoms in total. The highest BCUT2D eigenvalue weighted by atomic mass is 35.5. The molecule has 206 valence electrons. The van der Waals surface area contributed by atoms with E-state index in [-0.39, 0.29) is 11.9 Å². The van der Waals surface area contributed by atoms with Crippen LogP contribution in [0, 0.1) is 0 Å². The minimum atomic E-state index is -0.670. The number of benzene rings is 2. The van der Waals surface area contributed by atoms with Gasteiger partial charge in [0.05, 0.1) is 6.04 Å². The summed E-state index contributed by atoms with van der Waals surface area (Å²) >= 11 is 12.7. The third-order valence-corrected chi connectivity index (χ3v) is 9.35. The van der Waals surface area contributed by atoms with Gasteiger partial charge in [0.15, 0.2) is 0 Å². The predicted octanol–water partition coefficient (Wildman–Crippen LogP) is 6.38. The van der Waals surface area contributed by atoms with Crippen LogP contribution in [0.1, 0.15) is 61.1 Å². The average Bonchev–Trinajstić information content (AvgIpc) is 3.37. The van der Waals surface area contributed by atoms with Crippen LogP contribution < -0.4 is 0 Å². The second kappa shape index (κ2) is 13.1. The molecular formula is C31H40Cl2FN3O. The molecule has 0 bridgehead atoms. The van der Waals surface area contributed by atoms with Crippen molar-refractivity contribution in [2.75, 3.05) is 45.8 Å². The molecule has 0 spiro atoms. The fourth-order valence-electron chi connectivity index (χ4n) is 6.55. The summed E-state index contributed by atoms with van der Waals surface area (Å²) in [6.45, 7) is 5.85. The molecule has 2 aromatic rings. The molecule has 3 aliphatic rings. The van der Waals surface area contributed by atoms with Crippen molar-refractivity contribution in [3.05, 3.63) is 69.2 Å². The normalized spacial score (nSPS) is 22.6. The lowest BCUT2D eigenvalue weighted by Crippen LogP contribution is -2.53. The van der Waals surface area contributed by atoms with Crippen LogP contribution in [-0.4, -0.2) is 78.6 Å². The zero-order valence-electron chi connectivity index (χ0n) is 22.3. The fourth-order valence-corrected chi connectivity index (χ4v) is 7.03. The van der Waals surface area contributed by atoms with Crippen molar-refractivity contribution in [2.45, 2.75) is 69.5 Å². The third-order valence-electron chi connectivity index (χ3n) is 8.76. The highest BCUT2D eigenvalue weighted by Crippen LogP contribution is 2.32. The Kier molecular flexibility index (Phi) is 9.64. The van der Waals surface area contributed by atoms with Crippen LogP contribution in [0.4, 0.5) is 4.39 Å². The monoisotopic (exact) mass is 559 g/mol. The van der Waals surface area contributed by atoms with Gasteiger partial charge in [-0.3, -0.25) is 9.69 Å². The molecule has 0 saturated carbocycles. The van der Waals surface area contributed by atoms with E-state index in [2.05, 4.69) is 39.0 Å². The van der Waals surface area contributed by atoms with Gasteiger partial charge < -0.3 is 9.80 Å². The first-order valence-electron chi connectivity index (χ1n) is 14.4. The second-order valence-electron chi connectivity index (χ2n) is 11.3. The molecule has 0 aromatic heterocycles. The summed E-state index contributed by atoms with van der Waals surface area (Å²) in [5, 5.41) is 1.26. The number of likely N-dealkylation sites (tertiary alicyclic amines) is 3. The minimum Gasteiger partial charge on any atom is -0.341 e. The molecule has 2 atom stereocenters. The largest absolute Gasteiger partial charge is 0.341 e. The smallest absolute Gasteiger partial charge is 0.240 e. The Bertz CT molecular complexity index is 1080. The number of piperidine rings is 2. The van der Waals surface area contributed by atoms with Gasteiger partial charge in [-0.2, -0.15) is 0 Å². The standard InChI is InChI=1S/C31H40Cl2FN3O/c32-26-9-8-25(29(33)21-26)20-30(36-14-4-1-5-15-36)31(38)37-18-11-24(12-19-37)28-7-3-2-6-23(28)10-16-35-17-13-27(34)22-35/h2-3,6-9,21,24,27,30H,1,4-5,10-20,22H2/t27?,30-/m1/s1. The first-order valence-corrected chi connectivity index (χ1v) is 15.1. The van der Waals surface area contributed by atoms with Gasteiger partial charge in [0.25, 0.3) is 0 Å². The highest BCUT2D eigenvalue weighted by Gasteiger charge is 2.34. The molecule has 2 aromatic carbocycles. The van der Waals surface area contributed by atoms with Crippen LogP contribution in [0.3, 0.4) is 0 Å². The number of halogens is 3. The summed E-state index contributed by atoms with van der Waals surface area (Å²) in [7, 11) is 0. The number of rotatable bonds is 8. The van der Waals surface area contributed by atoms with Crippen LogP contribution >= 0.6 is 23.2 Å². The first-order chi connectivity index (χ1) is 18.5. The molecule has 5 rings (SSSR count). The van der Waals surface area contributed by atoms with E-state index in [0.717, 1.165) is 76.9 Å². The van der Waals surface area contributed by atoms with E-state index < -0.39 is 6.17 Å². The van der Waals surface area contributed by atoms with Gasteiger partial charge in [0, 0.05) is 42.8 Å². The summed E-state index contributed by atoms with van der Waals surface area (Å²) < 4.78 is 13.6. The van der Waals surface area contributed by atoms with Crippen molar-refractivity contribution in [3.63, 3.8) is 0 Å². The van der Waals surface area contributed by atoms with Crippen molar-refractivity contribution in [3.8, 4) is 0 Å². The third kappa shape index (κ3) is 6.91. The Labute approximate surface area is 237 Å². The van der Waals surface area contributed by atoms with Gasteiger partial charge in [-0.15, -0.1) is 0 Å². The van der Waals surface area contributed by atoms with Gasteiger partial charge in [0.1, 0.15) is 6.17 Å². The lowest BCUT2D eigenvalue weighted by molar-refractivity contribution is -0.138. The summed E-state index contributed by atoms with van der Waals surface area (Å²) in [5.74, 6) is 0.696. The number of nitrogens with zero attached hydrogens (tertiary/aromatic N) is 3. The molecule has 3 heterocycles. The van der Waals surface area contributed by atoms with E-state index in [4.69, 9.17) is 23.2 Å². The van der Waals surface area contributed by atoms with E-state index >= 15 is 0 Å². The van der Waals surface area contributed by atoms with Gasteiger partial charge in [-0.05, 0) is 92.8 Å². The molecule has 3 fully saturated rings. The van der Waals surface area contributed by atoms with Crippen molar-refractivity contribution in [1.29, 1.82) is 0 Å². The Morgan fingerprint density at radius 1 is 0.921 bits per heavy atom. The van der Waals surface area contributed by atoms with Crippen LogP contribution in [-0.2, 0) is 17.6 Å². The molecule has 0 N–H and O–H groups in total. The van der Waals surface area contributed by atoms with Gasteiger partial charge in [0.2, 0.25) is 5.91 Å². The highest BCUT2D eigenvalue weighted by molar-refractivity contribution is 6.35. The molecule has 1 unspecified atom stereocenters. The maximum atomic E-state index is 13.9. The van der Waals surface area contributed by atoms with Crippen LogP contribution in [0.5, 0.6) is 0 Å². The minimum absolute atomic E-state index is 0.183. The molecule has 3 saturated heterocycles. The molecule has 0 aliphatic carbocycles. The summed E-state index contributed by atoms with van der Waals surface area (Å²) in [5.41, 5.74) is 3.78. The summed E-state index contributed by atoms with van der Waals surface area (Å²) in [6.07, 6.45) is 7.04. The number of carbonyl (C=O) groups is 1. The van der Waals surface area contributed by atoms with Gasteiger partial charge in [-0.1, -0.05) is 60.0 Å². The average molecular weight is 561 g/mol. The molecule has 7 heteroatoms. The Morgan fingerprint density at radius 3 is 2.39 bits per heavy atom. The SMILES string of the molecule is O=C([C@@H](Cc1ccc(Cl)cc1Cl)N1CCCCC1)N1CCC(c2ccccc2CCN2CCC(F)C2)CC1. The predicted molar refractivity (Wildman–Crippen MR) is 154 cm³/mol. The van der Waals surface area contributed by atoms with Crippen molar-refractivity contribution in [2.24, 2.45) is 0 Å². The second-order valence-corrected chi connectivity index (χ2v) is 12.1. The van der Waals surface area contributed by atoms with Crippen molar-refractivity contribution in [1.82, 2.24) is 14.7 Å². The van der Waals surface area contributed by atoms with E-state index in [1.807, 2.05) is 12.1 Å². The number of alkyl halides is 1. The maximum absolute atomic E-state index is 13.9. The quantitative estimate of drug-likeness (QED) is 0.375. The Balaban J connectivity index is 1.23. The zero-order chi connectivity index (χ0) is 26.5. The molecule has 0 radical (unpaired) electrons. The van der Waals surface area contributed by atoms with Crippen molar-refractivity contribution < 1.29 is 9.18 Å². The van der Waals surface area contributed by atoms with E-state index in [0.29, 0.717) is 35.3 Å². The topological polar surface area (TPSA) is 26.8 Å².